The van der Waals surface area contributed by atoms with E-state index in [1.54, 1.807) is 6.92 Å². The Bertz CT molecular complexity index is 493. The highest BCUT2D eigenvalue weighted by Gasteiger charge is 2.13. The average molecular weight is 407 g/mol. The molecule has 3 heteroatoms. The topological polar surface area (TPSA) is 35.5 Å². The van der Waals surface area contributed by atoms with E-state index >= 15 is 0 Å². The summed E-state index contributed by atoms with van der Waals surface area (Å²) in [6.07, 6.45) is 16.4. The lowest BCUT2D eigenvalue weighted by Crippen LogP contribution is -1.94. The van der Waals surface area contributed by atoms with Gasteiger partial charge in [0, 0.05) is 0 Å². The molecule has 3 nitrogen and oxygen atoms in total. The Morgan fingerprint density at radius 3 is 2.14 bits per heavy atom. The van der Waals surface area contributed by atoms with Crippen molar-refractivity contribution >= 4 is 6.47 Å². The van der Waals surface area contributed by atoms with Crippen LogP contribution in [0.2, 0.25) is 0 Å². The van der Waals surface area contributed by atoms with Crippen LogP contribution < -0.4 is 4.74 Å². The summed E-state index contributed by atoms with van der Waals surface area (Å²) in [4.78, 5) is 9.18. The highest BCUT2D eigenvalue weighted by molar-refractivity contribution is 5.38. The van der Waals surface area contributed by atoms with E-state index in [0.717, 1.165) is 18.3 Å². The van der Waals surface area contributed by atoms with Crippen LogP contribution in [-0.2, 0) is 9.53 Å². The van der Waals surface area contributed by atoms with Gasteiger partial charge in [0.15, 0.2) is 0 Å². The maximum Gasteiger partial charge on any atom is 0.293 e. The minimum absolute atomic E-state index is 0.431. The molecule has 1 aromatic carbocycles. The fourth-order valence-corrected chi connectivity index (χ4v) is 3.62. The predicted octanol–water partition coefficient (Wildman–Crippen LogP) is 7.81. The molecular formula is C26H46O3. The quantitative estimate of drug-likeness (QED) is 0.278. The molecule has 0 heterocycles. The van der Waals surface area contributed by atoms with Crippen molar-refractivity contribution in [3.8, 4) is 5.75 Å². The largest absolute Gasteiger partial charge is 0.494 e. The summed E-state index contributed by atoms with van der Waals surface area (Å²) >= 11 is 0. The van der Waals surface area contributed by atoms with E-state index in [9.17, 15) is 4.79 Å². The van der Waals surface area contributed by atoms with Gasteiger partial charge in [0.1, 0.15) is 5.75 Å². The molecule has 2 rings (SSSR count). The lowest BCUT2D eigenvalue weighted by Gasteiger charge is -2.07. The zero-order valence-corrected chi connectivity index (χ0v) is 19.8. The van der Waals surface area contributed by atoms with Crippen molar-refractivity contribution < 1.29 is 14.3 Å². The van der Waals surface area contributed by atoms with Gasteiger partial charge >= 0.3 is 0 Å². The number of rotatable bonds is 11. The van der Waals surface area contributed by atoms with E-state index in [1.165, 1.54) is 81.8 Å². The van der Waals surface area contributed by atoms with Crippen LogP contribution in [0.15, 0.2) is 18.2 Å². The molecule has 1 fully saturated rings. The first-order valence-corrected chi connectivity index (χ1v) is 11.8. The lowest BCUT2D eigenvalue weighted by molar-refractivity contribution is -0.128. The average Bonchev–Trinajstić information content (AvgIpc) is 3.24. The maximum atomic E-state index is 9.18. The molecule has 168 valence electrons. The van der Waals surface area contributed by atoms with Gasteiger partial charge in [-0.2, -0.15) is 0 Å². The zero-order chi connectivity index (χ0) is 21.7. The van der Waals surface area contributed by atoms with Gasteiger partial charge in [-0.05, 0) is 50.8 Å². The van der Waals surface area contributed by atoms with Crippen LogP contribution in [0.3, 0.4) is 0 Å². The van der Waals surface area contributed by atoms with Crippen LogP contribution in [0.1, 0.15) is 103 Å². The molecular weight excluding hydrogens is 360 g/mol. The van der Waals surface area contributed by atoms with Gasteiger partial charge in [-0.15, -0.1) is 0 Å². The molecule has 1 aliphatic carbocycles. The summed E-state index contributed by atoms with van der Waals surface area (Å²) in [5, 5.41) is 0. The van der Waals surface area contributed by atoms with Crippen molar-refractivity contribution in [1.82, 2.24) is 0 Å². The number of aryl methyl sites for hydroxylation is 1. The molecule has 0 unspecified atom stereocenters. The zero-order valence-electron chi connectivity index (χ0n) is 19.8. The molecule has 29 heavy (non-hydrogen) atoms. The van der Waals surface area contributed by atoms with E-state index in [-0.39, 0.29) is 0 Å². The molecule has 0 bridgehead atoms. The number of carbonyl (C=O) groups is 1. The number of benzene rings is 1. The molecule has 0 saturated heterocycles. The molecule has 1 saturated carbocycles. The third kappa shape index (κ3) is 15.1. The molecule has 0 aliphatic heterocycles. The van der Waals surface area contributed by atoms with E-state index < -0.39 is 0 Å². The normalized spacial score (nSPS) is 13.0. The summed E-state index contributed by atoms with van der Waals surface area (Å²) in [5.41, 5.74) is 2.53. The van der Waals surface area contributed by atoms with Gasteiger partial charge in [0.2, 0.25) is 0 Å². The Balaban J connectivity index is 0.000000445. The highest BCUT2D eigenvalue weighted by atomic mass is 16.5. The second-order valence-electron chi connectivity index (χ2n) is 7.89. The van der Waals surface area contributed by atoms with Crippen molar-refractivity contribution in [3.63, 3.8) is 0 Å². The Morgan fingerprint density at radius 2 is 1.59 bits per heavy atom. The molecule has 0 atom stereocenters. The van der Waals surface area contributed by atoms with Crippen LogP contribution in [0, 0.1) is 19.8 Å². The summed E-state index contributed by atoms with van der Waals surface area (Å²) in [5.74, 6) is 2.12. The number of hydrogen-bond donors (Lipinski definition) is 0. The number of unbranched alkanes of at least 4 members (excludes halogenated alkanes) is 5. The molecule has 0 N–H and O–H groups in total. The Kier molecular flexibility index (Phi) is 18.8. The predicted molar refractivity (Wildman–Crippen MR) is 125 cm³/mol. The highest BCUT2D eigenvalue weighted by Crippen LogP contribution is 2.29. The van der Waals surface area contributed by atoms with Crippen molar-refractivity contribution in [2.24, 2.45) is 5.92 Å². The SMILES string of the molecule is CCCCCCCCC1CCCC1.CCOC=O.CCOc1cccc(C)c1C. The minimum atomic E-state index is 0.431. The summed E-state index contributed by atoms with van der Waals surface area (Å²) in [6, 6.07) is 6.12. The molecule has 0 spiro atoms. The third-order valence-corrected chi connectivity index (χ3v) is 5.53. The fraction of sp³-hybridized carbons (Fsp3) is 0.731. The van der Waals surface area contributed by atoms with Crippen LogP contribution in [0.5, 0.6) is 5.75 Å². The number of ether oxygens (including phenoxy) is 2. The third-order valence-electron chi connectivity index (χ3n) is 5.53. The van der Waals surface area contributed by atoms with Gasteiger partial charge in [-0.3, -0.25) is 4.79 Å². The molecule has 1 aromatic rings. The van der Waals surface area contributed by atoms with E-state index in [2.05, 4.69) is 31.6 Å². The summed E-state index contributed by atoms with van der Waals surface area (Å²) in [7, 11) is 0. The summed E-state index contributed by atoms with van der Waals surface area (Å²) < 4.78 is 9.57. The first-order chi connectivity index (χ1) is 14.1. The molecule has 0 amide bonds. The minimum Gasteiger partial charge on any atom is -0.494 e. The molecule has 0 aromatic heterocycles. The van der Waals surface area contributed by atoms with Crippen molar-refractivity contribution in [2.45, 2.75) is 105 Å². The first kappa shape index (κ1) is 27.5. The number of carbonyl (C=O) groups excluding carboxylic acids is 1. The second kappa shape index (κ2) is 19.8. The number of hydrogen-bond acceptors (Lipinski definition) is 3. The smallest absolute Gasteiger partial charge is 0.293 e. The van der Waals surface area contributed by atoms with E-state index in [4.69, 9.17) is 4.74 Å². The van der Waals surface area contributed by atoms with E-state index in [1.807, 2.05) is 19.1 Å². The van der Waals surface area contributed by atoms with Crippen LogP contribution in [0.25, 0.3) is 0 Å². The Hall–Kier alpha value is -1.51. The van der Waals surface area contributed by atoms with Crippen molar-refractivity contribution in [2.75, 3.05) is 13.2 Å². The monoisotopic (exact) mass is 406 g/mol. The second-order valence-corrected chi connectivity index (χ2v) is 7.89. The maximum absolute atomic E-state index is 9.18. The van der Waals surface area contributed by atoms with Crippen molar-refractivity contribution in [1.29, 1.82) is 0 Å². The molecule has 1 aliphatic rings. The Morgan fingerprint density at radius 1 is 0.931 bits per heavy atom. The molecule has 0 radical (unpaired) electrons. The van der Waals surface area contributed by atoms with Crippen molar-refractivity contribution in [3.05, 3.63) is 29.3 Å². The standard InChI is InChI=1S/C13H26.C10H14O.C3H6O2/c1-2-3-4-5-6-7-10-13-11-8-9-12-13;1-4-11-10-7-5-6-8(2)9(10)3;1-2-5-3-4/h13H,2-12H2,1H3;5-7H,4H2,1-3H3;3H,2H2,1H3. The van der Waals surface area contributed by atoms with Crippen LogP contribution >= 0.6 is 0 Å². The van der Waals surface area contributed by atoms with Gasteiger partial charge < -0.3 is 9.47 Å². The van der Waals surface area contributed by atoms with Gasteiger partial charge in [-0.25, -0.2) is 0 Å². The first-order valence-electron chi connectivity index (χ1n) is 11.8. The van der Waals surface area contributed by atoms with Gasteiger partial charge in [-0.1, -0.05) is 89.7 Å². The van der Waals surface area contributed by atoms with E-state index in [0.29, 0.717) is 13.1 Å². The fourth-order valence-electron chi connectivity index (χ4n) is 3.62. The van der Waals surface area contributed by atoms with Crippen LogP contribution in [0.4, 0.5) is 0 Å². The van der Waals surface area contributed by atoms with Gasteiger partial charge in [0.25, 0.3) is 6.47 Å². The Labute approximate surface area is 180 Å². The van der Waals surface area contributed by atoms with Crippen LogP contribution in [-0.4, -0.2) is 19.7 Å². The van der Waals surface area contributed by atoms with Gasteiger partial charge in [0.05, 0.1) is 13.2 Å². The summed E-state index contributed by atoms with van der Waals surface area (Å²) in [6.45, 7) is 11.9. The lowest BCUT2D eigenvalue weighted by atomic mass is 9.99.